The number of amides is 1. The maximum atomic E-state index is 12.4. The summed E-state index contributed by atoms with van der Waals surface area (Å²) in [4.78, 5) is 25.6. The van der Waals surface area contributed by atoms with Crippen LogP contribution in [0.5, 0.6) is 0 Å². The average Bonchev–Trinajstić information content (AvgIpc) is 2.45. The molecule has 0 bridgehead atoms. The van der Waals surface area contributed by atoms with Crippen molar-refractivity contribution in [3.63, 3.8) is 0 Å². The third-order valence-electron chi connectivity index (χ3n) is 4.06. The van der Waals surface area contributed by atoms with Gasteiger partial charge in [0.15, 0.2) is 0 Å². The van der Waals surface area contributed by atoms with Gasteiger partial charge in [-0.2, -0.15) is 0 Å². The molecule has 1 aromatic carbocycles. The normalized spacial score (nSPS) is 23.8. The summed E-state index contributed by atoms with van der Waals surface area (Å²) in [5, 5.41) is 12.1. The Morgan fingerprint density at radius 1 is 1.41 bits per heavy atom. The van der Waals surface area contributed by atoms with Crippen LogP contribution in [0.4, 0.5) is 5.69 Å². The summed E-state index contributed by atoms with van der Waals surface area (Å²) in [6, 6.07) is 7.05. The van der Waals surface area contributed by atoms with Gasteiger partial charge in [-0.1, -0.05) is 28.9 Å². The fraction of sp³-hybridized carbons (Fsp3) is 0.500. The van der Waals surface area contributed by atoms with E-state index < -0.39 is 11.9 Å². The van der Waals surface area contributed by atoms with Gasteiger partial charge in [0.1, 0.15) is 0 Å². The highest BCUT2D eigenvalue weighted by atomic mass is 79.9. The van der Waals surface area contributed by atoms with Crippen molar-refractivity contribution in [2.24, 2.45) is 11.8 Å². The third-order valence-corrected chi connectivity index (χ3v) is 4.55. The number of aliphatic carboxylic acids is 1. The molecule has 1 aliphatic heterocycles. The SMILES string of the molecule is CC1CC(C(=O)O)CN(C(C)C(=O)Nc2cccc(Br)c2)C1. The number of carbonyl (C=O) groups is 2. The highest BCUT2D eigenvalue weighted by Gasteiger charge is 2.33. The lowest BCUT2D eigenvalue weighted by atomic mass is 9.89. The lowest BCUT2D eigenvalue weighted by Gasteiger charge is -2.37. The van der Waals surface area contributed by atoms with E-state index in [2.05, 4.69) is 21.2 Å². The molecule has 0 radical (unpaired) electrons. The molecule has 5 nitrogen and oxygen atoms in total. The van der Waals surface area contributed by atoms with Gasteiger partial charge < -0.3 is 10.4 Å². The number of nitrogens with one attached hydrogen (secondary N) is 1. The zero-order chi connectivity index (χ0) is 16.3. The van der Waals surface area contributed by atoms with Crippen LogP contribution < -0.4 is 5.32 Å². The van der Waals surface area contributed by atoms with Crippen molar-refractivity contribution in [1.29, 1.82) is 0 Å². The number of piperidine rings is 1. The van der Waals surface area contributed by atoms with Gasteiger partial charge in [0, 0.05) is 23.2 Å². The number of carboxylic acid groups (broad SMARTS) is 1. The summed E-state index contributed by atoms with van der Waals surface area (Å²) in [6.07, 6.45) is 0.672. The molecule has 3 unspecified atom stereocenters. The van der Waals surface area contributed by atoms with Gasteiger partial charge in [0.25, 0.3) is 0 Å². The molecule has 0 aliphatic carbocycles. The first-order valence-corrected chi connectivity index (χ1v) is 8.19. The lowest BCUT2D eigenvalue weighted by Crippen LogP contribution is -2.50. The second-order valence-electron chi connectivity index (χ2n) is 6.01. The van der Waals surface area contributed by atoms with E-state index in [0.29, 0.717) is 13.0 Å². The quantitative estimate of drug-likeness (QED) is 0.857. The molecule has 1 aromatic rings. The standard InChI is InChI=1S/C16H21BrN2O3/c1-10-6-12(16(21)22)9-19(8-10)11(2)15(20)18-14-5-3-4-13(17)7-14/h3-5,7,10-12H,6,8-9H2,1-2H3,(H,18,20)(H,21,22). The number of rotatable bonds is 4. The summed E-state index contributed by atoms with van der Waals surface area (Å²) >= 11 is 3.37. The highest BCUT2D eigenvalue weighted by Crippen LogP contribution is 2.24. The third kappa shape index (κ3) is 4.30. The van der Waals surface area contributed by atoms with E-state index in [1.165, 1.54) is 0 Å². The van der Waals surface area contributed by atoms with Crippen LogP contribution in [0, 0.1) is 11.8 Å². The topological polar surface area (TPSA) is 69.6 Å². The molecule has 22 heavy (non-hydrogen) atoms. The van der Waals surface area contributed by atoms with Crippen LogP contribution in [0.3, 0.4) is 0 Å². The first-order chi connectivity index (χ1) is 10.4. The molecule has 1 saturated heterocycles. The smallest absolute Gasteiger partial charge is 0.307 e. The predicted octanol–water partition coefficient (Wildman–Crippen LogP) is 2.82. The zero-order valence-electron chi connectivity index (χ0n) is 12.8. The summed E-state index contributed by atoms with van der Waals surface area (Å²) in [6.45, 7) is 5.02. The molecular formula is C16H21BrN2O3. The highest BCUT2D eigenvalue weighted by molar-refractivity contribution is 9.10. The summed E-state index contributed by atoms with van der Waals surface area (Å²) in [7, 11) is 0. The van der Waals surface area contributed by atoms with Crippen molar-refractivity contribution < 1.29 is 14.7 Å². The fourth-order valence-corrected chi connectivity index (χ4v) is 3.27. The molecule has 0 saturated carbocycles. The number of hydrogen-bond donors (Lipinski definition) is 2. The minimum atomic E-state index is -0.781. The van der Waals surface area contributed by atoms with Gasteiger partial charge in [-0.15, -0.1) is 0 Å². The van der Waals surface area contributed by atoms with E-state index in [1.54, 1.807) is 0 Å². The number of nitrogens with zero attached hydrogens (tertiary/aromatic N) is 1. The zero-order valence-corrected chi connectivity index (χ0v) is 14.3. The first-order valence-electron chi connectivity index (χ1n) is 7.40. The van der Waals surface area contributed by atoms with Crippen molar-refractivity contribution >= 4 is 33.5 Å². The second kappa shape index (κ2) is 7.24. The number of anilines is 1. The monoisotopic (exact) mass is 368 g/mol. The van der Waals surface area contributed by atoms with Crippen molar-refractivity contribution in [2.45, 2.75) is 26.3 Å². The molecular weight excluding hydrogens is 348 g/mol. The largest absolute Gasteiger partial charge is 0.481 e. The van der Waals surface area contributed by atoms with Crippen molar-refractivity contribution in [1.82, 2.24) is 4.90 Å². The Morgan fingerprint density at radius 3 is 2.77 bits per heavy atom. The maximum Gasteiger partial charge on any atom is 0.307 e. The van der Waals surface area contributed by atoms with Crippen LogP contribution in [0.2, 0.25) is 0 Å². The number of benzene rings is 1. The molecule has 1 fully saturated rings. The molecule has 0 aromatic heterocycles. The number of carbonyl (C=O) groups excluding carboxylic acids is 1. The van der Waals surface area contributed by atoms with E-state index in [1.807, 2.05) is 43.0 Å². The van der Waals surface area contributed by atoms with Gasteiger partial charge in [-0.25, -0.2) is 0 Å². The molecule has 1 heterocycles. The van der Waals surface area contributed by atoms with Crippen molar-refractivity contribution in [3.8, 4) is 0 Å². The van der Waals surface area contributed by atoms with Crippen molar-refractivity contribution in [2.75, 3.05) is 18.4 Å². The van der Waals surface area contributed by atoms with E-state index in [-0.39, 0.29) is 17.9 Å². The van der Waals surface area contributed by atoms with Crippen LogP contribution in [-0.2, 0) is 9.59 Å². The van der Waals surface area contributed by atoms with Gasteiger partial charge in [-0.3, -0.25) is 14.5 Å². The number of carboxylic acids is 1. The lowest BCUT2D eigenvalue weighted by molar-refractivity contribution is -0.145. The second-order valence-corrected chi connectivity index (χ2v) is 6.92. The van der Waals surface area contributed by atoms with E-state index in [9.17, 15) is 14.7 Å². The number of hydrogen-bond acceptors (Lipinski definition) is 3. The van der Waals surface area contributed by atoms with Gasteiger partial charge in [0.05, 0.1) is 12.0 Å². The number of likely N-dealkylation sites (tertiary alicyclic amines) is 1. The minimum absolute atomic E-state index is 0.115. The molecule has 1 aliphatic rings. The molecule has 6 heteroatoms. The van der Waals surface area contributed by atoms with Gasteiger partial charge >= 0.3 is 5.97 Å². The summed E-state index contributed by atoms with van der Waals surface area (Å²) < 4.78 is 0.899. The Balaban J connectivity index is 2.01. The predicted molar refractivity (Wildman–Crippen MR) is 88.7 cm³/mol. The average molecular weight is 369 g/mol. The Morgan fingerprint density at radius 2 is 2.14 bits per heavy atom. The Bertz CT molecular complexity index is 564. The molecule has 2 rings (SSSR count). The summed E-state index contributed by atoms with van der Waals surface area (Å²) in [5.41, 5.74) is 0.728. The molecule has 3 atom stereocenters. The van der Waals surface area contributed by atoms with E-state index in [4.69, 9.17) is 0 Å². The van der Waals surface area contributed by atoms with Crippen LogP contribution in [0.25, 0.3) is 0 Å². The molecule has 2 N–H and O–H groups in total. The van der Waals surface area contributed by atoms with Gasteiger partial charge in [-0.05, 0) is 37.5 Å². The van der Waals surface area contributed by atoms with Gasteiger partial charge in [0.2, 0.25) is 5.91 Å². The van der Waals surface area contributed by atoms with Crippen LogP contribution in [0.1, 0.15) is 20.3 Å². The Labute approximate surface area is 138 Å². The van der Waals surface area contributed by atoms with E-state index >= 15 is 0 Å². The Kier molecular flexibility index (Phi) is 5.58. The van der Waals surface area contributed by atoms with E-state index in [0.717, 1.165) is 16.7 Å². The van der Waals surface area contributed by atoms with Crippen molar-refractivity contribution in [3.05, 3.63) is 28.7 Å². The van der Waals surface area contributed by atoms with Crippen LogP contribution >= 0.6 is 15.9 Å². The molecule has 0 spiro atoms. The Hall–Kier alpha value is -1.40. The first kappa shape index (κ1) is 17.0. The maximum absolute atomic E-state index is 12.4. The number of halogens is 1. The fourth-order valence-electron chi connectivity index (χ4n) is 2.87. The van der Waals surface area contributed by atoms with Crippen LogP contribution in [0.15, 0.2) is 28.7 Å². The summed E-state index contributed by atoms with van der Waals surface area (Å²) in [5.74, 6) is -1.02. The molecule has 1 amide bonds. The van der Waals surface area contributed by atoms with Crippen LogP contribution in [-0.4, -0.2) is 41.0 Å². The molecule has 120 valence electrons. The minimum Gasteiger partial charge on any atom is -0.481 e.